The molecular formula is C19H16F3N3O3. The van der Waals surface area contributed by atoms with E-state index < -0.39 is 37.0 Å². The van der Waals surface area contributed by atoms with Gasteiger partial charge in [0.2, 0.25) is 5.82 Å². The lowest BCUT2D eigenvalue weighted by atomic mass is 10.2. The zero-order valence-corrected chi connectivity index (χ0v) is 14.6. The fraction of sp³-hybridized carbons (Fsp3) is 0.211. The van der Waals surface area contributed by atoms with Gasteiger partial charge in [0.25, 0.3) is 5.91 Å². The van der Waals surface area contributed by atoms with E-state index in [2.05, 4.69) is 10.3 Å². The molecule has 28 heavy (non-hydrogen) atoms. The molecule has 0 aliphatic rings. The molecule has 0 spiro atoms. The summed E-state index contributed by atoms with van der Waals surface area (Å²) in [7, 11) is 0. The number of aromatic nitrogens is 2. The van der Waals surface area contributed by atoms with Crippen LogP contribution in [0.15, 0.2) is 54.6 Å². The third-order valence-corrected chi connectivity index (χ3v) is 3.89. The van der Waals surface area contributed by atoms with Crippen molar-refractivity contribution < 1.29 is 27.5 Å². The molecule has 0 radical (unpaired) electrons. The molecule has 1 N–H and O–H groups in total. The topological polar surface area (TPSA) is 73.2 Å². The number of imidazole rings is 1. The van der Waals surface area contributed by atoms with Crippen molar-refractivity contribution in [1.82, 2.24) is 14.9 Å². The Morgan fingerprint density at radius 3 is 2.43 bits per heavy atom. The second-order valence-corrected chi connectivity index (χ2v) is 5.93. The fourth-order valence-electron chi connectivity index (χ4n) is 2.62. The Hall–Kier alpha value is -3.36. The van der Waals surface area contributed by atoms with Crippen molar-refractivity contribution in [2.24, 2.45) is 0 Å². The number of alkyl halides is 3. The quantitative estimate of drug-likeness (QED) is 0.656. The van der Waals surface area contributed by atoms with Crippen LogP contribution < -0.4 is 5.32 Å². The molecule has 0 unspecified atom stereocenters. The van der Waals surface area contributed by atoms with E-state index in [0.29, 0.717) is 0 Å². The van der Waals surface area contributed by atoms with Gasteiger partial charge in [0.05, 0.1) is 11.0 Å². The number of nitrogens with zero attached hydrogens (tertiary/aromatic N) is 2. The molecule has 2 aromatic carbocycles. The maximum atomic E-state index is 13.2. The molecule has 1 heterocycles. The van der Waals surface area contributed by atoms with Crippen LogP contribution >= 0.6 is 0 Å². The summed E-state index contributed by atoms with van der Waals surface area (Å²) in [5, 5.41) is 2.56. The normalized spacial score (nSPS) is 11.4. The molecule has 3 aromatic rings. The summed E-state index contributed by atoms with van der Waals surface area (Å²) in [4.78, 5) is 27.3. The fourth-order valence-corrected chi connectivity index (χ4v) is 2.62. The van der Waals surface area contributed by atoms with Crippen molar-refractivity contribution in [2.45, 2.75) is 19.3 Å². The van der Waals surface area contributed by atoms with Crippen molar-refractivity contribution in [3.05, 3.63) is 66.0 Å². The highest BCUT2D eigenvalue weighted by Crippen LogP contribution is 2.31. The standard InChI is InChI=1S/C19H16F3N3O3/c20-19(21,22)18-24-14-8-4-5-9-15(14)25(18)11-17(27)28-12-16(26)23-10-13-6-2-1-3-7-13/h1-9H,10-12H2,(H,23,26). The number of esters is 1. The van der Waals surface area contributed by atoms with Crippen LogP contribution in [0.3, 0.4) is 0 Å². The number of nitrogens with one attached hydrogen (secondary N) is 1. The van der Waals surface area contributed by atoms with E-state index in [9.17, 15) is 22.8 Å². The SMILES string of the molecule is O=C(COC(=O)Cn1c(C(F)(F)F)nc2ccccc21)NCc1ccccc1. The first-order valence-electron chi connectivity index (χ1n) is 8.33. The van der Waals surface area contributed by atoms with Crippen LogP contribution in [0.5, 0.6) is 0 Å². The summed E-state index contributed by atoms with van der Waals surface area (Å²) in [6.07, 6.45) is -4.73. The van der Waals surface area contributed by atoms with Gasteiger partial charge in [-0.15, -0.1) is 0 Å². The number of ether oxygens (including phenoxy) is 1. The Morgan fingerprint density at radius 1 is 1.04 bits per heavy atom. The number of hydrogen-bond acceptors (Lipinski definition) is 4. The number of rotatable bonds is 6. The molecule has 0 aliphatic carbocycles. The van der Waals surface area contributed by atoms with Crippen LogP contribution in [0.1, 0.15) is 11.4 Å². The van der Waals surface area contributed by atoms with Gasteiger partial charge in [0, 0.05) is 6.54 Å². The van der Waals surface area contributed by atoms with Crippen molar-refractivity contribution in [3.8, 4) is 0 Å². The highest BCUT2D eigenvalue weighted by molar-refractivity contribution is 5.82. The van der Waals surface area contributed by atoms with Gasteiger partial charge in [-0.25, -0.2) is 4.98 Å². The number of halogens is 3. The predicted octanol–water partition coefficient (Wildman–Crippen LogP) is 2.91. The van der Waals surface area contributed by atoms with E-state index in [4.69, 9.17) is 4.74 Å². The van der Waals surface area contributed by atoms with E-state index in [-0.39, 0.29) is 17.6 Å². The molecular weight excluding hydrogens is 375 g/mol. The van der Waals surface area contributed by atoms with Gasteiger partial charge in [-0.2, -0.15) is 13.2 Å². The molecule has 146 valence electrons. The zero-order valence-electron chi connectivity index (χ0n) is 14.6. The summed E-state index contributed by atoms with van der Waals surface area (Å²) in [5.74, 6) is -2.72. The third kappa shape index (κ3) is 4.67. The second kappa shape index (κ2) is 8.12. The van der Waals surface area contributed by atoms with Crippen molar-refractivity contribution in [1.29, 1.82) is 0 Å². The number of carbonyl (C=O) groups excluding carboxylic acids is 2. The molecule has 1 amide bonds. The Kier molecular flexibility index (Phi) is 5.62. The maximum absolute atomic E-state index is 13.2. The summed E-state index contributed by atoms with van der Waals surface area (Å²) in [6, 6.07) is 15.0. The van der Waals surface area contributed by atoms with Gasteiger partial charge in [-0.1, -0.05) is 42.5 Å². The average Bonchev–Trinajstić information content (AvgIpc) is 3.04. The minimum Gasteiger partial charge on any atom is -0.454 e. The van der Waals surface area contributed by atoms with E-state index in [0.717, 1.165) is 10.1 Å². The van der Waals surface area contributed by atoms with Gasteiger partial charge in [-0.05, 0) is 17.7 Å². The van der Waals surface area contributed by atoms with Gasteiger partial charge < -0.3 is 14.6 Å². The molecule has 0 saturated heterocycles. The highest BCUT2D eigenvalue weighted by Gasteiger charge is 2.38. The van der Waals surface area contributed by atoms with Crippen LogP contribution in [-0.2, 0) is 33.6 Å². The summed E-state index contributed by atoms with van der Waals surface area (Å²) in [5.41, 5.74) is 1.13. The molecule has 0 bridgehead atoms. The number of para-hydroxylation sites is 2. The largest absolute Gasteiger partial charge is 0.454 e. The van der Waals surface area contributed by atoms with Crippen molar-refractivity contribution in [3.63, 3.8) is 0 Å². The molecule has 0 fully saturated rings. The summed E-state index contributed by atoms with van der Waals surface area (Å²) in [6.45, 7) is -1.04. The van der Waals surface area contributed by atoms with E-state index in [1.807, 2.05) is 30.3 Å². The van der Waals surface area contributed by atoms with Crippen LogP contribution in [-0.4, -0.2) is 28.0 Å². The van der Waals surface area contributed by atoms with Gasteiger partial charge in [0.1, 0.15) is 6.54 Å². The molecule has 6 nitrogen and oxygen atoms in total. The zero-order chi connectivity index (χ0) is 20.1. The number of benzene rings is 2. The molecule has 9 heteroatoms. The van der Waals surface area contributed by atoms with E-state index in [1.54, 1.807) is 12.1 Å². The first-order chi connectivity index (χ1) is 13.3. The molecule has 0 atom stereocenters. The first kappa shape index (κ1) is 19.4. The van der Waals surface area contributed by atoms with Crippen molar-refractivity contribution >= 4 is 22.9 Å². The second-order valence-electron chi connectivity index (χ2n) is 5.93. The maximum Gasteiger partial charge on any atom is 0.449 e. The number of fused-ring (bicyclic) bond motifs is 1. The molecule has 0 aliphatic heterocycles. The number of hydrogen-bond donors (Lipinski definition) is 1. The van der Waals surface area contributed by atoms with Crippen LogP contribution in [0, 0.1) is 0 Å². The van der Waals surface area contributed by atoms with E-state index in [1.165, 1.54) is 12.1 Å². The smallest absolute Gasteiger partial charge is 0.449 e. The number of amides is 1. The van der Waals surface area contributed by atoms with Gasteiger partial charge in [-0.3, -0.25) is 9.59 Å². The lowest BCUT2D eigenvalue weighted by Gasteiger charge is -2.11. The van der Waals surface area contributed by atoms with Crippen LogP contribution in [0.25, 0.3) is 11.0 Å². The third-order valence-electron chi connectivity index (χ3n) is 3.89. The predicted molar refractivity (Wildman–Crippen MR) is 94.0 cm³/mol. The Labute approximate surface area is 157 Å². The monoisotopic (exact) mass is 391 g/mol. The molecule has 0 saturated carbocycles. The Bertz CT molecular complexity index is 984. The summed E-state index contributed by atoms with van der Waals surface area (Å²) >= 11 is 0. The number of carbonyl (C=O) groups is 2. The lowest BCUT2D eigenvalue weighted by molar-refractivity contribution is -0.153. The molecule has 1 aromatic heterocycles. The minimum atomic E-state index is -4.73. The Balaban J connectivity index is 1.61. The van der Waals surface area contributed by atoms with Crippen LogP contribution in [0.2, 0.25) is 0 Å². The summed E-state index contributed by atoms with van der Waals surface area (Å²) < 4.78 is 45.2. The minimum absolute atomic E-state index is 0.114. The average molecular weight is 391 g/mol. The highest BCUT2D eigenvalue weighted by atomic mass is 19.4. The molecule has 3 rings (SSSR count). The Morgan fingerprint density at radius 2 is 1.71 bits per heavy atom. The van der Waals surface area contributed by atoms with Gasteiger partial charge >= 0.3 is 12.1 Å². The first-order valence-corrected chi connectivity index (χ1v) is 8.33. The van der Waals surface area contributed by atoms with Crippen LogP contribution in [0.4, 0.5) is 13.2 Å². The lowest BCUT2D eigenvalue weighted by Crippen LogP contribution is -2.29. The van der Waals surface area contributed by atoms with Crippen molar-refractivity contribution in [2.75, 3.05) is 6.61 Å². The van der Waals surface area contributed by atoms with E-state index >= 15 is 0 Å². The van der Waals surface area contributed by atoms with Gasteiger partial charge in [0.15, 0.2) is 6.61 Å².